The van der Waals surface area contributed by atoms with Gasteiger partial charge in [-0.15, -0.1) is 0 Å². The number of carbonyl (C=O) groups excluding carboxylic acids is 1. The van der Waals surface area contributed by atoms with E-state index in [9.17, 15) is 22.8 Å². The second-order valence-corrected chi connectivity index (χ2v) is 4.15. The van der Waals surface area contributed by atoms with Crippen molar-refractivity contribution in [2.45, 2.75) is 18.5 Å². The lowest BCUT2D eigenvalue weighted by Crippen LogP contribution is -2.35. The zero-order chi connectivity index (χ0) is 15.3. The molecule has 1 aromatic carbocycles. The highest BCUT2D eigenvalue weighted by Crippen LogP contribution is 2.40. The van der Waals surface area contributed by atoms with Crippen LogP contribution in [0.3, 0.4) is 0 Å². The molecule has 0 aromatic heterocycles. The second kappa shape index (κ2) is 6.40. The van der Waals surface area contributed by atoms with Crippen LogP contribution in [0.4, 0.5) is 13.2 Å². The molecule has 7 heteroatoms. The SMILES string of the molecule is COC(=O)C[C@@H]([C@@H](C(=O)O)c1ccccc1)C(F)(F)F. The van der Waals surface area contributed by atoms with Crippen LogP contribution in [0.15, 0.2) is 30.3 Å². The van der Waals surface area contributed by atoms with E-state index in [1.165, 1.54) is 24.3 Å². The van der Waals surface area contributed by atoms with E-state index in [-0.39, 0.29) is 5.56 Å². The Bertz CT molecular complexity index is 470. The molecular weight excluding hydrogens is 277 g/mol. The average Bonchev–Trinajstić information content (AvgIpc) is 2.37. The van der Waals surface area contributed by atoms with E-state index in [0.717, 1.165) is 7.11 Å². The van der Waals surface area contributed by atoms with Crippen molar-refractivity contribution >= 4 is 11.9 Å². The molecule has 0 fully saturated rings. The predicted octanol–water partition coefficient (Wildman–Crippen LogP) is 2.60. The van der Waals surface area contributed by atoms with Gasteiger partial charge in [-0.2, -0.15) is 13.2 Å². The summed E-state index contributed by atoms with van der Waals surface area (Å²) in [4.78, 5) is 22.3. The van der Waals surface area contributed by atoms with Crippen LogP contribution in [-0.4, -0.2) is 30.3 Å². The molecule has 0 amide bonds. The number of hydrogen-bond donors (Lipinski definition) is 1. The van der Waals surface area contributed by atoms with Crippen LogP contribution in [0.2, 0.25) is 0 Å². The smallest absolute Gasteiger partial charge is 0.393 e. The Labute approximate surface area is 113 Å². The molecule has 4 nitrogen and oxygen atoms in total. The van der Waals surface area contributed by atoms with Crippen molar-refractivity contribution in [2.24, 2.45) is 5.92 Å². The lowest BCUT2D eigenvalue weighted by atomic mass is 9.83. The van der Waals surface area contributed by atoms with Crippen LogP contribution in [-0.2, 0) is 14.3 Å². The van der Waals surface area contributed by atoms with Crippen LogP contribution in [0.25, 0.3) is 0 Å². The number of rotatable bonds is 5. The highest BCUT2D eigenvalue weighted by molar-refractivity contribution is 5.78. The molecule has 1 N–H and O–H groups in total. The van der Waals surface area contributed by atoms with Crippen LogP contribution < -0.4 is 0 Å². The topological polar surface area (TPSA) is 63.6 Å². The van der Waals surface area contributed by atoms with Gasteiger partial charge in [-0.25, -0.2) is 0 Å². The van der Waals surface area contributed by atoms with Gasteiger partial charge in [0.25, 0.3) is 0 Å². The van der Waals surface area contributed by atoms with Gasteiger partial charge in [0.2, 0.25) is 0 Å². The van der Waals surface area contributed by atoms with Crippen LogP contribution in [0.5, 0.6) is 0 Å². The van der Waals surface area contributed by atoms with Crippen molar-refractivity contribution in [2.75, 3.05) is 7.11 Å². The largest absolute Gasteiger partial charge is 0.481 e. The minimum Gasteiger partial charge on any atom is -0.481 e. The summed E-state index contributed by atoms with van der Waals surface area (Å²) < 4.78 is 43.3. The number of esters is 1. The first kappa shape index (κ1) is 16.0. The van der Waals surface area contributed by atoms with Crippen molar-refractivity contribution in [3.05, 3.63) is 35.9 Å². The fourth-order valence-electron chi connectivity index (χ4n) is 1.89. The lowest BCUT2D eigenvalue weighted by Gasteiger charge is -2.25. The minimum atomic E-state index is -4.83. The van der Waals surface area contributed by atoms with Gasteiger partial charge in [-0.05, 0) is 5.56 Å². The molecule has 1 rings (SSSR count). The van der Waals surface area contributed by atoms with Crippen LogP contribution in [0, 0.1) is 5.92 Å². The van der Waals surface area contributed by atoms with Gasteiger partial charge < -0.3 is 9.84 Å². The number of ether oxygens (including phenoxy) is 1. The molecule has 0 aliphatic carbocycles. The molecule has 20 heavy (non-hydrogen) atoms. The third-order valence-corrected chi connectivity index (χ3v) is 2.86. The van der Waals surface area contributed by atoms with E-state index >= 15 is 0 Å². The quantitative estimate of drug-likeness (QED) is 0.847. The van der Waals surface area contributed by atoms with Crippen molar-refractivity contribution in [1.82, 2.24) is 0 Å². The number of alkyl halides is 3. The van der Waals surface area contributed by atoms with Gasteiger partial charge in [0.15, 0.2) is 0 Å². The number of carbonyl (C=O) groups is 2. The minimum absolute atomic E-state index is 0.00812. The molecular formula is C13H13F3O4. The molecule has 1 aromatic rings. The lowest BCUT2D eigenvalue weighted by molar-refractivity contribution is -0.194. The number of carboxylic acids is 1. The fraction of sp³-hybridized carbons (Fsp3) is 0.385. The first-order chi connectivity index (χ1) is 9.27. The molecule has 0 unspecified atom stereocenters. The fourth-order valence-corrected chi connectivity index (χ4v) is 1.89. The summed E-state index contributed by atoms with van der Waals surface area (Å²) in [6.07, 6.45) is -5.86. The van der Waals surface area contributed by atoms with Gasteiger partial charge in [-0.3, -0.25) is 9.59 Å². The molecule has 2 atom stereocenters. The summed E-state index contributed by atoms with van der Waals surface area (Å²) in [5, 5.41) is 9.09. The summed E-state index contributed by atoms with van der Waals surface area (Å²) in [5.74, 6) is -6.93. The van der Waals surface area contributed by atoms with E-state index in [4.69, 9.17) is 5.11 Å². The summed E-state index contributed by atoms with van der Waals surface area (Å²) >= 11 is 0. The zero-order valence-corrected chi connectivity index (χ0v) is 10.6. The molecule has 0 saturated heterocycles. The maximum Gasteiger partial charge on any atom is 0.393 e. The van der Waals surface area contributed by atoms with Crippen molar-refractivity contribution in [3.63, 3.8) is 0 Å². The molecule has 0 bridgehead atoms. The maximum absolute atomic E-state index is 13.0. The first-order valence-electron chi connectivity index (χ1n) is 5.68. The number of halogens is 3. The van der Waals surface area contributed by atoms with Crippen molar-refractivity contribution in [3.8, 4) is 0 Å². The van der Waals surface area contributed by atoms with Crippen LogP contribution in [0.1, 0.15) is 17.9 Å². The first-order valence-corrected chi connectivity index (χ1v) is 5.68. The monoisotopic (exact) mass is 290 g/mol. The van der Waals surface area contributed by atoms with E-state index < -0.39 is 36.4 Å². The normalized spacial score (nSPS) is 14.4. The van der Waals surface area contributed by atoms with E-state index in [1.54, 1.807) is 6.07 Å². The number of aliphatic carboxylic acids is 1. The number of carboxylic acid groups (broad SMARTS) is 1. The zero-order valence-electron chi connectivity index (χ0n) is 10.6. The molecule has 0 aliphatic heterocycles. The van der Waals surface area contributed by atoms with E-state index in [0.29, 0.717) is 0 Å². The van der Waals surface area contributed by atoms with Gasteiger partial charge >= 0.3 is 18.1 Å². The van der Waals surface area contributed by atoms with Gasteiger partial charge in [0.05, 0.1) is 25.4 Å². The standard InChI is InChI=1S/C13H13F3O4/c1-20-10(17)7-9(13(14,15)16)11(12(18)19)8-5-3-2-4-6-8/h2-6,9,11H,7H2,1H3,(H,18,19)/t9-,11-/m0/s1. The Hall–Kier alpha value is -2.05. The Morgan fingerprint density at radius 2 is 1.80 bits per heavy atom. The third kappa shape index (κ3) is 3.97. The number of hydrogen-bond acceptors (Lipinski definition) is 3. The predicted molar refractivity (Wildman–Crippen MR) is 63.0 cm³/mol. The highest BCUT2D eigenvalue weighted by atomic mass is 19.4. The highest BCUT2D eigenvalue weighted by Gasteiger charge is 2.49. The Morgan fingerprint density at radius 1 is 1.25 bits per heavy atom. The number of benzene rings is 1. The third-order valence-electron chi connectivity index (χ3n) is 2.86. The summed E-state index contributed by atoms with van der Waals surface area (Å²) in [5.41, 5.74) is -0.00812. The van der Waals surface area contributed by atoms with E-state index in [1.807, 2.05) is 0 Å². The molecule has 110 valence electrons. The summed E-state index contributed by atoms with van der Waals surface area (Å²) in [6, 6.07) is 7.02. The van der Waals surface area contributed by atoms with Crippen molar-refractivity contribution < 1.29 is 32.6 Å². The summed E-state index contributed by atoms with van der Waals surface area (Å²) in [6.45, 7) is 0. The molecule has 0 aliphatic rings. The average molecular weight is 290 g/mol. The molecule has 0 heterocycles. The van der Waals surface area contributed by atoms with Gasteiger partial charge in [0.1, 0.15) is 0 Å². The van der Waals surface area contributed by atoms with E-state index in [2.05, 4.69) is 4.74 Å². The molecule has 0 spiro atoms. The Kier molecular flexibility index (Phi) is 5.12. The second-order valence-electron chi connectivity index (χ2n) is 4.15. The van der Waals surface area contributed by atoms with Gasteiger partial charge in [0, 0.05) is 0 Å². The Balaban J connectivity index is 3.19. The van der Waals surface area contributed by atoms with Crippen molar-refractivity contribution in [1.29, 1.82) is 0 Å². The number of methoxy groups -OCH3 is 1. The van der Waals surface area contributed by atoms with Crippen LogP contribution >= 0.6 is 0 Å². The summed E-state index contributed by atoms with van der Waals surface area (Å²) in [7, 11) is 0.952. The van der Waals surface area contributed by atoms with Gasteiger partial charge in [-0.1, -0.05) is 30.3 Å². The Morgan fingerprint density at radius 3 is 2.20 bits per heavy atom. The molecule has 0 radical (unpaired) electrons. The molecule has 0 saturated carbocycles. The maximum atomic E-state index is 13.0.